The maximum absolute atomic E-state index is 13.0. The highest BCUT2D eigenvalue weighted by atomic mass is 32.2. The average Bonchev–Trinajstić information content (AvgIpc) is 2.47. The second-order valence-corrected chi connectivity index (χ2v) is 7.07. The van der Waals surface area contributed by atoms with Crippen molar-refractivity contribution in [1.29, 1.82) is 0 Å². The van der Waals surface area contributed by atoms with Crippen molar-refractivity contribution in [2.75, 3.05) is 12.3 Å². The molecular weight excluding hydrogens is 316 g/mol. The van der Waals surface area contributed by atoms with Crippen LogP contribution in [0.25, 0.3) is 0 Å². The van der Waals surface area contributed by atoms with Gasteiger partial charge < -0.3 is 0 Å². The molecule has 2 aromatic carbocycles. The lowest BCUT2D eigenvalue weighted by atomic mass is 10.3. The van der Waals surface area contributed by atoms with E-state index in [-0.39, 0.29) is 11.4 Å². The fourth-order valence-corrected chi connectivity index (χ4v) is 3.55. The highest BCUT2D eigenvalue weighted by molar-refractivity contribution is 7.99. The molecule has 2 aromatic rings. The Labute approximate surface area is 126 Å². The Bertz CT molecular complexity index is 706. The first-order chi connectivity index (χ1) is 9.99. The van der Waals surface area contributed by atoms with Crippen molar-refractivity contribution in [2.24, 2.45) is 0 Å². The molecule has 0 bridgehead atoms. The Morgan fingerprint density at radius 1 is 1.00 bits per heavy atom. The molecule has 7 heteroatoms. The fraction of sp³-hybridized carbons (Fsp3) is 0.143. The van der Waals surface area contributed by atoms with Crippen LogP contribution in [0.3, 0.4) is 0 Å². The molecule has 112 valence electrons. The highest BCUT2D eigenvalue weighted by Gasteiger charge is 2.15. The molecule has 0 heterocycles. The molecule has 0 aliphatic heterocycles. The Balaban J connectivity index is 1.91. The number of thioether (sulfide) groups is 1. The van der Waals surface area contributed by atoms with Crippen LogP contribution >= 0.6 is 11.8 Å². The van der Waals surface area contributed by atoms with Crippen LogP contribution in [0, 0.1) is 11.6 Å². The lowest BCUT2D eigenvalue weighted by Gasteiger charge is -2.07. The maximum Gasteiger partial charge on any atom is 0.240 e. The minimum Gasteiger partial charge on any atom is -0.210 e. The topological polar surface area (TPSA) is 46.2 Å². The summed E-state index contributed by atoms with van der Waals surface area (Å²) < 4.78 is 52.0. The average molecular weight is 329 g/mol. The van der Waals surface area contributed by atoms with E-state index in [0.29, 0.717) is 11.8 Å². The number of sulfonamides is 1. The van der Waals surface area contributed by atoms with Gasteiger partial charge in [-0.05, 0) is 30.3 Å². The summed E-state index contributed by atoms with van der Waals surface area (Å²) >= 11 is 1.50. The molecule has 1 N–H and O–H groups in total. The molecule has 0 aromatic heterocycles. The van der Waals surface area contributed by atoms with Gasteiger partial charge in [0.15, 0.2) is 11.6 Å². The van der Waals surface area contributed by atoms with Crippen molar-refractivity contribution in [1.82, 2.24) is 4.72 Å². The lowest BCUT2D eigenvalue weighted by molar-refractivity contribution is 0.504. The third-order valence-electron chi connectivity index (χ3n) is 2.61. The summed E-state index contributed by atoms with van der Waals surface area (Å²) in [5.74, 6) is -1.72. The molecular formula is C14H13F2NO2S2. The zero-order valence-electron chi connectivity index (χ0n) is 10.9. The van der Waals surface area contributed by atoms with Gasteiger partial charge in [0.2, 0.25) is 10.0 Å². The van der Waals surface area contributed by atoms with Crippen molar-refractivity contribution in [3.8, 4) is 0 Å². The van der Waals surface area contributed by atoms with Crippen molar-refractivity contribution in [3.63, 3.8) is 0 Å². The number of hydrogen-bond donors (Lipinski definition) is 1. The second kappa shape index (κ2) is 7.02. The van der Waals surface area contributed by atoms with Gasteiger partial charge in [0.25, 0.3) is 0 Å². The van der Waals surface area contributed by atoms with E-state index in [1.807, 2.05) is 30.3 Å². The third kappa shape index (κ3) is 4.52. The summed E-state index contributed by atoms with van der Waals surface area (Å²) in [7, 11) is -3.82. The molecule has 3 nitrogen and oxygen atoms in total. The molecule has 0 atom stereocenters. The van der Waals surface area contributed by atoms with E-state index in [2.05, 4.69) is 4.72 Å². The Morgan fingerprint density at radius 3 is 2.38 bits per heavy atom. The monoisotopic (exact) mass is 329 g/mol. The van der Waals surface area contributed by atoms with Gasteiger partial charge in [0.05, 0.1) is 4.90 Å². The summed E-state index contributed by atoms with van der Waals surface area (Å²) in [4.78, 5) is 0.746. The molecule has 0 saturated heterocycles. The molecule has 21 heavy (non-hydrogen) atoms. The first kappa shape index (κ1) is 15.9. The second-order valence-electron chi connectivity index (χ2n) is 4.14. The van der Waals surface area contributed by atoms with Crippen molar-refractivity contribution < 1.29 is 17.2 Å². The van der Waals surface area contributed by atoms with Gasteiger partial charge in [0.1, 0.15) is 0 Å². The zero-order valence-corrected chi connectivity index (χ0v) is 12.6. The molecule has 0 aliphatic rings. The molecule has 0 aliphatic carbocycles. The molecule has 0 radical (unpaired) electrons. The predicted molar refractivity (Wildman–Crippen MR) is 78.7 cm³/mol. The van der Waals surface area contributed by atoms with Crippen LogP contribution in [0.2, 0.25) is 0 Å². The van der Waals surface area contributed by atoms with E-state index < -0.39 is 21.7 Å². The summed E-state index contributed by atoms with van der Waals surface area (Å²) in [5.41, 5.74) is 0. The van der Waals surface area contributed by atoms with Gasteiger partial charge in [-0.25, -0.2) is 21.9 Å². The predicted octanol–water partition coefficient (Wildman–Crippen LogP) is 3.04. The lowest BCUT2D eigenvalue weighted by Crippen LogP contribution is -2.26. The van der Waals surface area contributed by atoms with E-state index in [1.54, 1.807) is 0 Å². The molecule has 0 unspecified atom stereocenters. The highest BCUT2D eigenvalue weighted by Crippen LogP contribution is 2.17. The molecule has 0 amide bonds. The summed E-state index contributed by atoms with van der Waals surface area (Å²) in [6.45, 7) is 0.195. The molecule has 2 rings (SSSR count). The van der Waals surface area contributed by atoms with Crippen LogP contribution in [0.1, 0.15) is 0 Å². The van der Waals surface area contributed by atoms with E-state index >= 15 is 0 Å². The quantitative estimate of drug-likeness (QED) is 0.654. The standard InChI is InChI=1S/C14H13F2NO2S2/c15-13-7-6-12(10-14(13)16)21(18,19)17-8-9-20-11-4-2-1-3-5-11/h1-7,10,17H,8-9H2. The number of benzene rings is 2. The minimum absolute atomic E-state index is 0.195. The van der Waals surface area contributed by atoms with Gasteiger partial charge in [-0.2, -0.15) is 0 Å². The molecule has 0 fully saturated rings. The first-order valence-electron chi connectivity index (χ1n) is 6.11. The van der Waals surface area contributed by atoms with Crippen molar-refractivity contribution in [2.45, 2.75) is 9.79 Å². The van der Waals surface area contributed by atoms with Gasteiger partial charge in [-0.15, -0.1) is 11.8 Å². The van der Waals surface area contributed by atoms with Crippen LogP contribution in [0.15, 0.2) is 58.3 Å². The largest absolute Gasteiger partial charge is 0.240 e. The number of hydrogen-bond acceptors (Lipinski definition) is 3. The number of nitrogens with one attached hydrogen (secondary N) is 1. The van der Waals surface area contributed by atoms with Gasteiger partial charge in [-0.3, -0.25) is 0 Å². The fourth-order valence-electron chi connectivity index (χ4n) is 1.59. The Hall–Kier alpha value is -1.44. The van der Waals surface area contributed by atoms with Gasteiger partial charge in [-0.1, -0.05) is 18.2 Å². The van der Waals surface area contributed by atoms with Crippen LogP contribution in [0.5, 0.6) is 0 Å². The molecule has 0 spiro atoms. The maximum atomic E-state index is 13.0. The van der Waals surface area contributed by atoms with Crippen LogP contribution < -0.4 is 4.72 Å². The SMILES string of the molecule is O=S(=O)(NCCSc1ccccc1)c1ccc(F)c(F)c1. The van der Waals surface area contributed by atoms with E-state index in [1.165, 1.54) is 11.8 Å². The third-order valence-corrected chi connectivity index (χ3v) is 5.08. The van der Waals surface area contributed by atoms with E-state index in [4.69, 9.17) is 0 Å². The van der Waals surface area contributed by atoms with Crippen LogP contribution in [-0.2, 0) is 10.0 Å². The van der Waals surface area contributed by atoms with Crippen LogP contribution in [-0.4, -0.2) is 20.7 Å². The van der Waals surface area contributed by atoms with Crippen molar-refractivity contribution >= 4 is 21.8 Å². The number of rotatable bonds is 6. The zero-order chi connectivity index (χ0) is 15.3. The van der Waals surface area contributed by atoms with Gasteiger partial charge >= 0.3 is 0 Å². The van der Waals surface area contributed by atoms with E-state index in [9.17, 15) is 17.2 Å². The van der Waals surface area contributed by atoms with Crippen LogP contribution in [0.4, 0.5) is 8.78 Å². The Morgan fingerprint density at radius 2 is 1.71 bits per heavy atom. The smallest absolute Gasteiger partial charge is 0.210 e. The Kier molecular flexibility index (Phi) is 5.33. The summed E-state index contributed by atoms with van der Waals surface area (Å²) in [6, 6.07) is 12.0. The summed E-state index contributed by atoms with van der Waals surface area (Å²) in [6.07, 6.45) is 0. The van der Waals surface area contributed by atoms with E-state index in [0.717, 1.165) is 17.0 Å². The van der Waals surface area contributed by atoms with Gasteiger partial charge in [0, 0.05) is 17.2 Å². The summed E-state index contributed by atoms with van der Waals surface area (Å²) in [5, 5.41) is 0. The number of halogens is 2. The van der Waals surface area contributed by atoms with Crippen molar-refractivity contribution in [3.05, 3.63) is 60.2 Å². The molecule has 0 saturated carbocycles. The normalized spacial score (nSPS) is 11.5. The minimum atomic E-state index is -3.82. The first-order valence-corrected chi connectivity index (χ1v) is 8.58.